The minimum Gasteiger partial charge on any atom is -0.427 e. The SMILES string of the molecule is Cn1ncn(-c2ccc([B]OC(C)(C)C(C)(C)O)cc2)c1=O. The number of aromatic nitrogens is 3. The van der Waals surface area contributed by atoms with Crippen molar-refractivity contribution in [3.8, 4) is 5.69 Å². The Kier molecular flexibility index (Phi) is 4.31. The second-order valence-electron chi connectivity index (χ2n) is 6.30. The molecule has 0 bridgehead atoms. The number of aliphatic hydroxyl groups is 1. The van der Waals surface area contributed by atoms with E-state index in [1.807, 2.05) is 38.1 Å². The first-order valence-corrected chi connectivity index (χ1v) is 7.06. The maximum Gasteiger partial charge on any atom is 0.350 e. The van der Waals surface area contributed by atoms with Gasteiger partial charge in [-0.15, -0.1) is 0 Å². The molecule has 1 aromatic carbocycles. The normalized spacial score (nSPS) is 12.5. The molecule has 0 unspecified atom stereocenters. The zero-order valence-corrected chi connectivity index (χ0v) is 13.6. The lowest BCUT2D eigenvalue weighted by Crippen LogP contribution is -2.49. The molecule has 0 atom stereocenters. The van der Waals surface area contributed by atoms with Crippen molar-refractivity contribution in [1.82, 2.24) is 14.3 Å². The molecule has 1 N–H and O–H groups in total. The van der Waals surface area contributed by atoms with Crippen LogP contribution in [0.15, 0.2) is 35.4 Å². The molecule has 0 aliphatic carbocycles. The molecule has 1 heterocycles. The zero-order chi connectivity index (χ0) is 16.5. The van der Waals surface area contributed by atoms with Crippen LogP contribution >= 0.6 is 0 Å². The summed E-state index contributed by atoms with van der Waals surface area (Å²) in [4.78, 5) is 11.8. The molecule has 0 saturated carbocycles. The van der Waals surface area contributed by atoms with Gasteiger partial charge in [-0.05, 0) is 39.8 Å². The number of benzene rings is 1. The maximum atomic E-state index is 11.8. The molecule has 0 aliphatic rings. The van der Waals surface area contributed by atoms with Crippen LogP contribution < -0.4 is 11.2 Å². The van der Waals surface area contributed by atoms with Gasteiger partial charge in [0.15, 0.2) is 0 Å². The Hall–Kier alpha value is -1.86. The molecule has 0 saturated heterocycles. The predicted molar refractivity (Wildman–Crippen MR) is 85.7 cm³/mol. The van der Waals surface area contributed by atoms with Crippen molar-refractivity contribution in [2.24, 2.45) is 7.05 Å². The second-order valence-corrected chi connectivity index (χ2v) is 6.30. The van der Waals surface area contributed by atoms with Gasteiger partial charge in [0.2, 0.25) is 0 Å². The van der Waals surface area contributed by atoms with Crippen LogP contribution in [0.25, 0.3) is 5.69 Å². The summed E-state index contributed by atoms with van der Waals surface area (Å²) in [7, 11) is 3.21. The van der Waals surface area contributed by atoms with Gasteiger partial charge < -0.3 is 9.76 Å². The molecule has 6 nitrogen and oxygen atoms in total. The van der Waals surface area contributed by atoms with E-state index in [4.69, 9.17) is 4.65 Å². The maximum absolute atomic E-state index is 11.8. The predicted octanol–water partition coefficient (Wildman–Crippen LogP) is 0.382. The zero-order valence-electron chi connectivity index (χ0n) is 13.6. The summed E-state index contributed by atoms with van der Waals surface area (Å²) in [5.41, 5.74) is -0.301. The monoisotopic (exact) mass is 302 g/mol. The summed E-state index contributed by atoms with van der Waals surface area (Å²) in [5.74, 6) is 0. The Morgan fingerprint density at radius 3 is 2.23 bits per heavy atom. The Bertz CT molecular complexity index is 696. The van der Waals surface area contributed by atoms with Gasteiger partial charge in [-0.2, -0.15) is 5.10 Å². The highest BCUT2D eigenvalue weighted by Crippen LogP contribution is 2.24. The van der Waals surface area contributed by atoms with Crippen LogP contribution in [0.4, 0.5) is 0 Å². The fourth-order valence-corrected chi connectivity index (χ4v) is 1.63. The van der Waals surface area contributed by atoms with Crippen LogP contribution in [-0.4, -0.2) is 38.1 Å². The molecular weight excluding hydrogens is 281 g/mol. The minimum absolute atomic E-state index is 0.198. The molecule has 0 amide bonds. The Morgan fingerprint density at radius 1 is 1.18 bits per heavy atom. The Labute approximate surface area is 130 Å². The van der Waals surface area contributed by atoms with Gasteiger partial charge >= 0.3 is 13.2 Å². The fourth-order valence-electron chi connectivity index (χ4n) is 1.63. The van der Waals surface area contributed by atoms with E-state index in [9.17, 15) is 9.90 Å². The van der Waals surface area contributed by atoms with Crippen LogP contribution in [0.2, 0.25) is 0 Å². The van der Waals surface area contributed by atoms with Crippen molar-refractivity contribution in [2.45, 2.75) is 38.9 Å². The molecular formula is C15H21BN3O3. The molecule has 1 aromatic heterocycles. The molecule has 22 heavy (non-hydrogen) atoms. The largest absolute Gasteiger partial charge is 0.427 e. The molecule has 1 radical (unpaired) electrons. The standard InChI is InChI=1S/C15H21BN3O3/c1-14(2,21)15(3,4)22-16-11-6-8-12(9-7-11)19-10-17-18(5)13(19)20/h6-10,21H,1-5H3. The number of nitrogens with zero attached hydrogens (tertiary/aromatic N) is 3. The van der Waals surface area contributed by atoms with Crippen LogP contribution in [0.5, 0.6) is 0 Å². The van der Waals surface area contributed by atoms with E-state index in [2.05, 4.69) is 5.10 Å². The van der Waals surface area contributed by atoms with Crippen molar-refractivity contribution in [3.05, 3.63) is 41.1 Å². The fraction of sp³-hybridized carbons (Fsp3) is 0.467. The molecule has 0 spiro atoms. The Balaban J connectivity index is 2.10. The van der Waals surface area contributed by atoms with Crippen molar-refractivity contribution < 1.29 is 9.76 Å². The summed E-state index contributed by atoms with van der Waals surface area (Å²) in [6.45, 7) is 7.07. The number of hydrogen-bond acceptors (Lipinski definition) is 4. The van der Waals surface area contributed by atoms with Crippen LogP contribution in [0.3, 0.4) is 0 Å². The van der Waals surface area contributed by atoms with E-state index in [0.717, 1.165) is 11.2 Å². The summed E-state index contributed by atoms with van der Waals surface area (Å²) in [5, 5.41) is 14.0. The summed E-state index contributed by atoms with van der Waals surface area (Å²) in [6.07, 6.45) is 1.48. The van der Waals surface area contributed by atoms with Gasteiger partial charge in [0.05, 0.1) is 16.9 Å². The highest BCUT2D eigenvalue weighted by atomic mass is 16.5. The van der Waals surface area contributed by atoms with Crippen molar-refractivity contribution in [2.75, 3.05) is 0 Å². The van der Waals surface area contributed by atoms with Gasteiger partial charge in [-0.25, -0.2) is 14.0 Å². The van der Waals surface area contributed by atoms with E-state index < -0.39 is 11.2 Å². The minimum atomic E-state index is -0.966. The number of rotatable bonds is 5. The molecule has 7 heteroatoms. The summed E-state index contributed by atoms with van der Waals surface area (Å²) < 4.78 is 8.43. The third-order valence-corrected chi connectivity index (χ3v) is 3.96. The highest BCUT2D eigenvalue weighted by Gasteiger charge is 2.35. The van der Waals surface area contributed by atoms with Crippen molar-refractivity contribution in [3.63, 3.8) is 0 Å². The second kappa shape index (κ2) is 5.74. The topological polar surface area (TPSA) is 69.3 Å². The van der Waals surface area contributed by atoms with Crippen molar-refractivity contribution >= 4 is 12.9 Å². The molecule has 2 aromatic rings. The Morgan fingerprint density at radius 2 is 1.77 bits per heavy atom. The molecule has 117 valence electrons. The first kappa shape index (κ1) is 16.5. The van der Waals surface area contributed by atoms with E-state index in [0.29, 0.717) is 0 Å². The van der Waals surface area contributed by atoms with Crippen LogP contribution in [0, 0.1) is 0 Å². The average Bonchev–Trinajstić information content (AvgIpc) is 2.76. The summed E-state index contributed by atoms with van der Waals surface area (Å²) in [6, 6.07) is 7.31. The van der Waals surface area contributed by atoms with E-state index in [-0.39, 0.29) is 5.69 Å². The quantitative estimate of drug-likeness (QED) is 0.811. The van der Waals surface area contributed by atoms with Gasteiger partial charge in [-0.3, -0.25) is 0 Å². The first-order chi connectivity index (χ1) is 10.1. The highest BCUT2D eigenvalue weighted by molar-refractivity contribution is 6.47. The van der Waals surface area contributed by atoms with E-state index in [1.165, 1.54) is 15.6 Å². The number of hydrogen-bond donors (Lipinski definition) is 1. The smallest absolute Gasteiger partial charge is 0.350 e. The average molecular weight is 302 g/mol. The summed E-state index contributed by atoms with van der Waals surface area (Å²) >= 11 is 0. The van der Waals surface area contributed by atoms with Gasteiger partial charge in [-0.1, -0.05) is 17.6 Å². The van der Waals surface area contributed by atoms with E-state index >= 15 is 0 Å². The molecule has 0 aliphatic heterocycles. The number of aryl methyl sites for hydroxylation is 1. The lowest BCUT2D eigenvalue weighted by Gasteiger charge is -2.37. The first-order valence-electron chi connectivity index (χ1n) is 7.06. The molecule has 2 rings (SSSR count). The van der Waals surface area contributed by atoms with Crippen LogP contribution in [-0.2, 0) is 11.7 Å². The lowest BCUT2D eigenvalue weighted by molar-refractivity contribution is -0.0893. The lowest BCUT2D eigenvalue weighted by atomic mass is 9.82. The third kappa shape index (κ3) is 3.31. The third-order valence-electron chi connectivity index (χ3n) is 3.96. The van der Waals surface area contributed by atoms with Gasteiger partial charge in [0.1, 0.15) is 6.33 Å². The van der Waals surface area contributed by atoms with Crippen molar-refractivity contribution in [1.29, 1.82) is 0 Å². The van der Waals surface area contributed by atoms with Gasteiger partial charge in [0, 0.05) is 7.05 Å². The molecule has 0 fully saturated rings. The van der Waals surface area contributed by atoms with Crippen LogP contribution in [0.1, 0.15) is 27.7 Å². The van der Waals surface area contributed by atoms with E-state index in [1.54, 1.807) is 28.4 Å². The van der Waals surface area contributed by atoms with Gasteiger partial charge in [0.25, 0.3) is 0 Å².